The highest BCUT2D eigenvalue weighted by atomic mass is 79.9. The second-order valence-corrected chi connectivity index (χ2v) is 6.16. The van der Waals surface area contributed by atoms with Crippen molar-refractivity contribution in [1.29, 1.82) is 0 Å². The third-order valence-corrected chi connectivity index (χ3v) is 4.13. The van der Waals surface area contributed by atoms with Gasteiger partial charge in [-0.1, -0.05) is 12.1 Å². The van der Waals surface area contributed by atoms with E-state index in [4.69, 9.17) is 0 Å². The van der Waals surface area contributed by atoms with Crippen molar-refractivity contribution in [3.63, 3.8) is 0 Å². The first-order valence-corrected chi connectivity index (χ1v) is 7.97. The molecule has 0 heterocycles. The molecule has 1 aromatic carbocycles. The van der Waals surface area contributed by atoms with Gasteiger partial charge in [-0.15, -0.1) is 0 Å². The molecule has 1 unspecified atom stereocenters. The van der Waals surface area contributed by atoms with Crippen LogP contribution in [0.4, 0.5) is 5.69 Å². The first-order chi connectivity index (χ1) is 8.52. The summed E-state index contributed by atoms with van der Waals surface area (Å²) >= 11 is 3.24. The molecule has 0 spiro atoms. The van der Waals surface area contributed by atoms with Gasteiger partial charge in [-0.25, -0.2) is 0 Å². The average Bonchev–Trinajstić information content (AvgIpc) is 2.30. The van der Waals surface area contributed by atoms with E-state index in [-0.39, 0.29) is 5.69 Å². The molecule has 100 valence electrons. The number of nitro groups is 1. The highest BCUT2D eigenvalue weighted by Gasteiger charge is 2.14. The van der Waals surface area contributed by atoms with E-state index in [1.54, 1.807) is 12.3 Å². The van der Waals surface area contributed by atoms with Gasteiger partial charge >= 0.3 is 0 Å². The predicted molar refractivity (Wildman–Crippen MR) is 76.1 cm³/mol. The molecule has 0 fully saturated rings. The zero-order valence-electron chi connectivity index (χ0n) is 10.0. The van der Waals surface area contributed by atoms with Crippen LogP contribution in [0.15, 0.2) is 22.7 Å². The molecular formula is C11H15BrN2O3S. The molecule has 1 atom stereocenters. The van der Waals surface area contributed by atoms with Gasteiger partial charge in [0.05, 0.1) is 9.40 Å². The molecule has 0 aromatic heterocycles. The minimum Gasteiger partial charge on any atom is -0.313 e. The Hall–Kier alpha value is -0.790. The molecule has 5 nitrogen and oxygen atoms in total. The summed E-state index contributed by atoms with van der Waals surface area (Å²) in [6.45, 7) is 1.30. The Kier molecular flexibility index (Phi) is 6.45. The summed E-state index contributed by atoms with van der Waals surface area (Å²) < 4.78 is 11.4. The van der Waals surface area contributed by atoms with Crippen LogP contribution in [0.2, 0.25) is 0 Å². The van der Waals surface area contributed by atoms with Gasteiger partial charge < -0.3 is 5.32 Å². The fraction of sp³-hybridized carbons (Fsp3) is 0.455. The third-order valence-electron chi connectivity index (χ3n) is 2.36. The van der Waals surface area contributed by atoms with Crippen molar-refractivity contribution in [2.75, 3.05) is 18.6 Å². The number of hydrogen-bond donors (Lipinski definition) is 1. The predicted octanol–water partition coefficient (Wildman–Crippen LogP) is 2.22. The number of benzene rings is 1. The zero-order chi connectivity index (χ0) is 13.5. The minimum absolute atomic E-state index is 0.0731. The van der Waals surface area contributed by atoms with Crippen LogP contribution in [0.5, 0.6) is 0 Å². The van der Waals surface area contributed by atoms with Crippen LogP contribution >= 0.6 is 15.9 Å². The molecule has 0 amide bonds. The minimum atomic E-state index is -0.766. The lowest BCUT2D eigenvalue weighted by molar-refractivity contribution is -0.385. The first kappa shape index (κ1) is 15.3. The zero-order valence-corrected chi connectivity index (χ0v) is 12.4. The van der Waals surface area contributed by atoms with E-state index in [2.05, 4.69) is 21.2 Å². The summed E-state index contributed by atoms with van der Waals surface area (Å²) in [6, 6.07) is 4.97. The summed E-state index contributed by atoms with van der Waals surface area (Å²) in [5.74, 6) is 0.670. The van der Waals surface area contributed by atoms with Gasteiger partial charge in [-0.05, 0) is 34.5 Å². The molecule has 0 saturated carbocycles. The summed E-state index contributed by atoms with van der Waals surface area (Å²) in [6.07, 6.45) is 2.51. The SMILES string of the molecule is CS(=O)CCCNCc1cccc([N+](=O)[O-])c1Br. The Morgan fingerprint density at radius 1 is 1.50 bits per heavy atom. The largest absolute Gasteiger partial charge is 0.313 e. The van der Waals surface area contributed by atoms with Gasteiger partial charge in [0.25, 0.3) is 5.69 Å². The Bertz CT molecular complexity index is 454. The van der Waals surface area contributed by atoms with Crippen molar-refractivity contribution < 1.29 is 9.13 Å². The van der Waals surface area contributed by atoms with Crippen LogP contribution in [0.1, 0.15) is 12.0 Å². The standard InChI is InChI=1S/C11H15BrN2O3S/c1-18(17)7-3-6-13-8-9-4-2-5-10(11(9)12)14(15)16/h2,4-5,13H,3,6-8H2,1H3. The van der Waals surface area contributed by atoms with Gasteiger partial charge in [0.2, 0.25) is 0 Å². The maximum Gasteiger partial charge on any atom is 0.283 e. The Morgan fingerprint density at radius 2 is 2.22 bits per heavy atom. The van der Waals surface area contributed by atoms with Gasteiger partial charge in [0.1, 0.15) is 0 Å². The second kappa shape index (κ2) is 7.60. The Labute approximate surface area is 117 Å². The maximum absolute atomic E-state index is 10.9. The van der Waals surface area contributed by atoms with Gasteiger partial charge in [0, 0.05) is 35.4 Å². The summed E-state index contributed by atoms with van der Waals surface area (Å²) in [5, 5.41) is 13.9. The van der Waals surface area contributed by atoms with Crippen molar-refractivity contribution >= 4 is 32.4 Å². The molecular weight excluding hydrogens is 320 g/mol. The molecule has 0 radical (unpaired) electrons. The van der Waals surface area contributed by atoms with Crippen LogP contribution < -0.4 is 5.32 Å². The average molecular weight is 335 g/mol. The lowest BCUT2D eigenvalue weighted by Crippen LogP contribution is -2.17. The quantitative estimate of drug-likeness (QED) is 0.471. The molecule has 0 aliphatic carbocycles. The summed E-state index contributed by atoms with van der Waals surface area (Å²) in [4.78, 5) is 10.3. The lowest BCUT2D eigenvalue weighted by atomic mass is 10.2. The van der Waals surface area contributed by atoms with Crippen molar-refractivity contribution in [1.82, 2.24) is 5.32 Å². The maximum atomic E-state index is 10.9. The van der Waals surface area contributed by atoms with Gasteiger partial charge in [-0.3, -0.25) is 14.3 Å². The summed E-state index contributed by atoms with van der Waals surface area (Å²) in [7, 11) is -0.766. The normalized spacial score (nSPS) is 12.3. The smallest absolute Gasteiger partial charge is 0.283 e. The topological polar surface area (TPSA) is 72.2 Å². The van der Waals surface area contributed by atoms with E-state index < -0.39 is 15.7 Å². The fourth-order valence-corrected chi connectivity index (χ4v) is 2.57. The fourth-order valence-electron chi connectivity index (χ4n) is 1.47. The molecule has 7 heteroatoms. The van der Waals surface area contributed by atoms with Crippen molar-refractivity contribution in [2.45, 2.75) is 13.0 Å². The number of halogens is 1. The lowest BCUT2D eigenvalue weighted by Gasteiger charge is -2.06. The van der Waals surface area contributed by atoms with Crippen molar-refractivity contribution in [3.05, 3.63) is 38.3 Å². The van der Waals surface area contributed by atoms with Crippen LogP contribution in [-0.4, -0.2) is 27.7 Å². The van der Waals surface area contributed by atoms with E-state index in [9.17, 15) is 14.3 Å². The van der Waals surface area contributed by atoms with Crippen LogP contribution in [0.3, 0.4) is 0 Å². The number of nitrogens with zero attached hydrogens (tertiary/aromatic N) is 1. The molecule has 0 aliphatic heterocycles. The number of hydrogen-bond acceptors (Lipinski definition) is 4. The first-order valence-electron chi connectivity index (χ1n) is 5.45. The highest BCUT2D eigenvalue weighted by molar-refractivity contribution is 9.10. The van der Waals surface area contributed by atoms with E-state index in [1.165, 1.54) is 6.07 Å². The molecule has 18 heavy (non-hydrogen) atoms. The molecule has 0 saturated heterocycles. The van der Waals surface area contributed by atoms with Crippen molar-refractivity contribution in [2.24, 2.45) is 0 Å². The number of rotatable bonds is 7. The number of nitro benzene ring substituents is 1. The van der Waals surface area contributed by atoms with Crippen LogP contribution in [0.25, 0.3) is 0 Å². The van der Waals surface area contributed by atoms with Crippen molar-refractivity contribution in [3.8, 4) is 0 Å². The molecule has 1 aromatic rings. The molecule has 0 bridgehead atoms. The Morgan fingerprint density at radius 3 is 2.83 bits per heavy atom. The Balaban J connectivity index is 2.50. The van der Waals surface area contributed by atoms with E-state index in [0.29, 0.717) is 16.8 Å². The molecule has 1 rings (SSSR count). The highest BCUT2D eigenvalue weighted by Crippen LogP contribution is 2.27. The molecule has 0 aliphatic rings. The van der Waals surface area contributed by atoms with Gasteiger partial charge in [0.15, 0.2) is 0 Å². The molecule has 1 N–H and O–H groups in total. The van der Waals surface area contributed by atoms with E-state index in [1.807, 2.05) is 6.07 Å². The van der Waals surface area contributed by atoms with Crippen LogP contribution in [-0.2, 0) is 17.3 Å². The van der Waals surface area contributed by atoms with E-state index in [0.717, 1.165) is 18.5 Å². The third kappa shape index (κ3) is 4.83. The number of nitrogens with one attached hydrogen (secondary N) is 1. The monoisotopic (exact) mass is 334 g/mol. The van der Waals surface area contributed by atoms with Crippen LogP contribution in [0, 0.1) is 10.1 Å². The van der Waals surface area contributed by atoms with Gasteiger partial charge in [-0.2, -0.15) is 0 Å². The summed E-state index contributed by atoms with van der Waals surface area (Å²) in [5.41, 5.74) is 0.922. The van der Waals surface area contributed by atoms with E-state index >= 15 is 0 Å². The second-order valence-electron chi connectivity index (χ2n) is 3.82.